The number of hydrogen-bond donors (Lipinski definition) is 2. The summed E-state index contributed by atoms with van der Waals surface area (Å²) in [5.74, 6) is -0.502. The van der Waals surface area contributed by atoms with Crippen molar-refractivity contribution < 1.29 is 32.3 Å². The fourth-order valence-electron chi connectivity index (χ4n) is 3.02. The monoisotopic (exact) mass is 526 g/mol. The van der Waals surface area contributed by atoms with Crippen LogP contribution in [-0.2, 0) is 30.8 Å². The third kappa shape index (κ3) is 9.25. The number of nitrogens with one attached hydrogen (secondary N) is 2. The Balaban J connectivity index is 1.70. The van der Waals surface area contributed by atoms with Crippen molar-refractivity contribution in [1.29, 1.82) is 0 Å². The number of ether oxygens (including phenoxy) is 2. The maximum Gasteiger partial charge on any atom is 0.408 e. The van der Waals surface area contributed by atoms with Crippen LogP contribution in [0.25, 0.3) is 0 Å². The molecule has 1 atom stereocenters. The number of carbonyl (C=O) groups excluding carboxylic acids is 2. The van der Waals surface area contributed by atoms with Crippen molar-refractivity contribution in [1.82, 2.24) is 10.8 Å². The molecule has 0 aliphatic heterocycles. The van der Waals surface area contributed by atoms with Crippen LogP contribution in [0.15, 0.2) is 89.8 Å². The van der Waals surface area contributed by atoms with E-state index in [0.717, 1.165) is 5.56 Å². The first kappa shape index (κ1) is 27.7. The average Bonchev–Trinajstić information content (AvgIpc) is 2.86. The topological polar surface area (TPSA) is 120 Å². The first-order valence-corrected chi connectivity index (χ1v) is 13.2. The minimum absolute atomic E-state index is 0.0399. The van der Waals surface area contributed by atoms with E-state index in [1.807, 2.05) is 24.3 Å². The lowest BCUT2D eigenvalue weighted by Gasteiger charge is -2.23. The summed E-state index contributed by atoms with van der Waals surface area (Å²) < 4.78 is 37.1. The summed E-state index contributed by atoms with van der Waals surface area (Å²) in [6.45, 7) is 5.08. The highest BCUT2D eigenvalue weighted by atomic mass is 32.2. The Bertz CT molecular complexity index is 1270. The molecule has 196 valence electrons. The fourth-order valence-corrected chi connectivity index (χ4v) is 4.44. The second-order valence-electron chi connectivity index (χ2n) is 9.11. The Hall–Kier alpha value is -3.89. The Morgan fingerprint density at radius 2 is 1.41 bits per heavy atom. The van der Waals surface area contributed by atoms with Gasteiger partial charge in [0.25, 0.3) is 5.91 Å². The van der Waals surface area contributed by atoms with Crippen LogP contribution in [0, 0.1) is 0 Å². The number of para-hydroxylation sites is 1. The molecule has 0 heterocycles. The van der Waals surface area contributed by atoms with Gasteiger partial charge in [-0.05, 0) is 62.7 Å². The molecule has 0 aliphatic rings. The van der Waals surface area contributed by atoms with Crippen LogP contribution in [0.4, 0.5) is 4.79 Å². The zero-order valence-corrected chi connectivity index (χ0v) is 21.7. The summed E-state index contributed by atoms with van der Waals surface area (Å²) >= 11 is 0. The molecule has 9 nitrogen and oxygen atoms in total. The maximum absolute atomic E-state index is 13.1. The molecular weight excluding hydrogens is 496 g/mol. The van der Waals surface area contributed by atoms with Gasteiger partial charge in [-0.15, -0.1) is 0 Å². The second kappa shape index (κ2) is 12.4. The first-order valence-electron chi connectivity index (χ1n) is 11.5. The van der Waals surface area contributed by atoms with Crippen molar-refractivity contribution in [3.63, 3.8) is 0 Å². The van der Waals surface area contributed by atoms with Crippen molar-refractivity contribution in [2.45, 2.75) is 43.9 Å². The highest BCUT2D eigenvalue weighted by Gasteiger charge is 2.30. The van der Waals surface area contributed by atoms with E-state index < -0.39 is 39.2 Å². The number of rotatable bonds is 10. The largest absolute Gasteiger partial charge is 0.457 e. The van der Waals surface area contributed by atoms with Gasteiger partial charge in [-0.2, -0.15) is 0 Å². The quantitative estimate of drug-likeness (QED) is 0.376. The third-order valence-corrected chi connectivity index (χ3v) is 6.59. The summed E-state index contributed by atoms with van der Waals surface area (Å²) in [5, 5.41) is 2.34. The normalized spacial score (nSPS) is 12.3. The van der Waals surface area contributed by atoms with E-state index in [-0.39, 0.29) is 11.5 Å². The lowest BCUT2D eigenvalue weighted by Crippen LogP contribution is -2.51. The molecule has 0 aromatic heterocycles. The van der Waals surface area contributed by atoms with Crippen molar-refractivity contribution in [3.05, 3.63) is 90.5 Å². The van der Waals surface area contributed by atoms with Crippen molar-refractivity contribution in [3.8, 4) is 11.5 Å². The molecule has 3 rings (SSSR count). The Kier molecular flexibility index (Phi) is 9.26. The summed E-state index contributed by atoms with van der Waals surface area (Å²) in [5.41, 5.74) is 2.22. The van der Waals surface area contributed by atoms with E-state index in [9.17, 15) is 18.0 Å². The van der Waals surface area contributed by atoms with E-state index in [2.05, 4.69) is 10.8 Å². The number of hydrogen-bond acceptors (Lipinski definition) is 7. The van der Waals surface area contributed by atoms with E-state index >= 15 is 0 Å². The average molecular weight is 527 g/mol. The third-order valence-electron chi connectivity index (χ3n) is 4.83. The summed E-state index contributed by atoms with van der Waals surface area (Å²) in [7, 11) is -4.00. The van der Waals surface area contributed by atoms with Crippen molar-refractivity contribution in [2.24, 2.45) is 0 Å². The molecule has 3 aromatic rings. The standard InChI is InChI=1S/C27H30N2O7S/c1-27(2,3)36-29-25(30)24(28-26(31)34-18-20-10-6-4-7-11-20)19-37(32,33)23-16-14-22(15-17-23)35-21-12-8-5-9-13-21/h4-17,24H,18-19H2,1-3H3,(H,28,31)(H,29,30). The molecule has 10 heteroatoms. The Morgan fingerprint density at radius 3 is 2.00 bits per heavy atom. The van der Waals surface area contributed by atoms with Gasteiger partial charge in [-0.25, -0.2) is 18.7 Å². The van der Waals surface area contributed by atoms with Gasteiger partial charge in [-0.1, -0.05) is 48.5 Å². The van der Waals surface area contributed by atoms with Gasteiger partial charge in [0.1, 0.15) is 24.1 Å². The van der Waals surface area contributed by atoms with Gasteiger partial charge in [0.2, 0.25) is 0 Å². The fraction of sp³-hybridized carbons (Fsp3) is 0.259. The van der Waals surface area contributed by atoms with Gasteiger partial charge in [-0.3, -0.25) is 9.63 Å². The highest BCUT2D eigenvalue weighted by molar-refractivity contribution is 7.91. The van der Waals surface area contributed by atoms with Crippen molar-refractivity contribution >= 4 is 21.8 Å². The van der Waals surface area contributed by atoms with Gasteiger partial charge >= 0.3 is 6.09 Å². The molecule has 3 aromatic carbocycles. The molecular formula is C27H30N2O7S. The zero-order chi connectivity index (χ0) is 26.9. The predicted molar refractivity (Wildman–Crippen MR) is 138 cm³/mol. The summed E-state index contributed by atoms with van der Waals surface area (Å²) in [6.07, 6.45) is -0.943. The molecule has 0 bridgehead atoms. The minimum atomic E-state index is -4.00. The number of carbonyl (C=O) groups is 2. The molecule has 0 radical (unpaired) electrons. The first-order chi connectivity index (χ1) is 17.5. The predicted octanol–water partition coefficient (Wildman–Crippen LogP) is 4.39. The molecule has 0 aliphatic carbocycles. The van der Waals surface area contributed by atoms with Crippen molar-refractivity contribution in [2.75, 3.05) is 5.75 Å². The van der Waals surface area contributed by atoms with Gasteiger partial charge in [0, 0.05) is 0 Å². The lowest BCUT2D eigenvalue weighted by molar-refractivity contribution is -0.147. The molecule has 0 saturated carbocycles. The van der Waals surface area contributed by atoms with E-state index in [4.69, 9.17) is 14.3 Å². The van der Waals surface area contributed by atoms with Crippen LogP contribution in [0.1, 0.15) is 26.3 Å². The summed E-state index contributed by atoms with van der Waals surface area (Å²) in [4.78, 5) is 30.4. The number of hydroxylamine groups is 1. The van der Waals surface area contributed by atoms with Gasteiger partial charge < -0.3 is 14.8 Å². The van der Waals surface area contributed by atoms with Crippen LogP contribution in [0.5, 0.6) is 11.5 Å². The number of sulfone groups is 1. The smallest absolute Gasteiger partial charge is 0.408 e. The lowest BCUT2D eigenvalue weighted by atomic mass is 10.2. The molecule has 1 unspecified atom stereocenters. The molecule has 2 N–H and O–H groups in total. The Morgan fingerprint density at radius 1 is 0.838 bits per heavy atom. The SMILES string of the molecule is CC(C)(C)ONC(=O)C(CS(=O)(=O)c1ccc(Oc2ccccc2)cc1)NC(=O)OCc1ccccc1. The Labute approximate surface area is 216 Å². The number of alkyl carbamates (subject to hydrolysis) is 1. The number of amides is 2. The highest BCUT2D eigenvalue weighted by Crippen LogP contribution is 2.23. The molecule has 0 saturated heterocycles. The zero-order valence-electron chi connectivity index (χ0n) is 20.8. The van der Waals surface area contributed by atoms with E-state index in [0.29, 0.717) is 11.5 Å². The minimum Gasteiger partial charge on any atom is -0.457 e. The molecule has 0 fully saturated rings. The summed E-state index contributed by atoms with van der Waals surface area (Å²) in [6, 6.07) is 22.3. The molecule has 2 amide bonds. The van der Waals surface area contributed by atoms with Crippen LogP contribution in [0.3, 0.4) is 0 Å². The van der Waals surface area contributed by atoms with Crippen LogP contribution < -0.4 is 15.5 Å². The molecule has 37 heavy (non-hydrogen) atoms. The van der Waals surface area contributed by atoms with Gasteiger partial charge in [0.15, 0.2) is 9.84 Å². The second-order valence-corrected chi connectivity index (χ2v) is 11.1. The number of benzene rings is 3. The van der Waals surface area contributed by atoms with Crippen LogP contribution in [-0.4, -0.2) is 37.8 Å². The maximum atomic E-state index is 13.1. The van der Waals surface area contributed by atoms with Gasteiger partial charge in [0.05, 0.1) is 16.2 Å². The van der Waals surface area contributed by atoms with E-state index in [1.165, 1.54) is 24.3 Å². The van der Waals surface area contributed by atoms with Crippen LogP contribution >= 0.6 is 0 Å². The van der Waals surface area contributed by atoms with Crippen LogP contribution in [0.2, 0.25) is 0 Å². The van der Waals surface area contributed by atoms with E-state index in [1.54, 1.807) is 57.2 Å². The molecule has 0 spiro atoms.